The van der Waals surface area contributed by atoms with Gasteiger partial charge in [-0.15, -0.1) is 0 Å². The Hall–Kier alpha value is -1.10. The van der Waals surface area contributed by atoms with E-state index >= 15 is 0 Å². The normalized spacial score (nSPS) is 22.9. The highest BCUT2D eigenvalue weighted by Crippen LogP contribution is 2.12. The predicted octanol–water partition coefficient (Wildman–Crippen LogP) is 0.0541. The molecule has 1 heterocycles. The van der Waals surface area contributed by atoms with Crippen LogP contribution in [0, 0.1) is 0 Å². The third kappa shape index (κ3) is 2.23. The monoisotopic (exact) mass is 199 g/mol. The van der Waals surface area contributed by atoms with Crippen molar-refractivity contribution in [2.45, 2.75) is 38.8 Å². The fourth-order valence-electron chi connectivity index (χ4n) is 1.41. The number of hydrogen-bond acceptors (Lipinski definition) is 3. The van der Waals surface area contributed by atoms with E-state index in [1.807, 2.05) is 6.92 Å². The molecule has 0 aromatic heterocycles. The molecular weight excluding hydrogens is 182 g/mol. The number of nitrogens with two attached hydrogens (primary N) is 1. The average Bonchev–Trinajstić information content (AvgIpc) is 2.29. The third-order valence-corrected chi connectivity index (χ3v) is 2.08. The van der Waals surface area contributed by atoms with Gasteiger partial charge in [0.25, 0.3) is 5.91 Å². The van der Waals surface area contributed by atoms with Crippen molar-refractivity contribution in [1.82, 2.24) is 10.2 Å². The molecule has 0 radical (unpaired) electrons. The van der Waals surface area contributed by atoms with Crippen molar-refractivity contribution in [1.29, 1.82) is 0 Å². The Morgan fingerprint density at radius 1 is 1.50 bits per heavy atom. The number of nitrogens with one attached hydrogen (secondary N) is 1. The van der Waals surface area contributed by atoms with E-state index < -0.39 is 5.54 Å². The van der Waals surface area contributed by atoms with Crippen LogP contribution in [0.25, 0.3) is 0 Å². The number of rotatable bonds is 3. The smallest absolute Gasteiger partial charge is 0.324 e. The molecule has 1 rings (SSSR count). The highest BCUT2D eigenvalue weighted by Gasteiger charge is 2.38. The first-order valence-corrected chi connectivity index (χ1v) is 4.76. The molecule has 1 unspecified atom stereocenters. The molecule has 0 spiro atoms. The second-order valence-corrected chi connectivity index (χ2v) is 4.32. The van der Waals surface area contributed by atoms with Gasteiger partial charge in [-0.25, -0.2) is 4.79 Å². The zero-order valence-electron chi connectivity index (χ0n) is 8.83. The summed E-state index contributed by atoms with van der Waals surface area (Å²) in [6, 6.07) is -0.703. The maximum atomic E-state index is 11.6. The van der Waals surface area contributed by atoms with Gasteiger partial charge >= 0.3 is 6.03 Å². The summed E-state index contributed by atoms with van der Waals surface area (Å²) in [5, 5.41) is 2.61. The van der Waals surface area contributed by atoms with Gasteiger partial charge in [-0.05, 0) is 20.3 Å². The average molecular weight is 199 g/mol. The summed E-state index contributed by atoms with van der Waals surface area (Å²) in [7, 11) is 0. The van der Waals surface area contributed by atoms with Crippen LogP contribution in [0.5, 0.6) is 0 Å². The molecule has 0 aliphatic carbocycles. The second kappa shape index (κ2) is 3.57. The van der Waals surface area contributed by atoms with Crippen LogP contribution >= 0.6 is 0 Å². The van der Waals surface area contributed by atoms with Crippen LogP contribution in [0.15, 0.2) is 0 Å². The summed E-state index contributed by atoms with van der Waals surface area (Å²) >= 11 is 0. The largest absolute Gasteiger partial charge is 0.326 e. The summed E-state index contributed by atoms with van der Waals surface area (Å²) < 4.78 is 0. The zero-order chi connectivity index (χ0) is 10.9. The molecule has 0 bridgehead atoms. The number of carbonyl (C=O) groups excluding carboxylic acids is 2. The molecule has 80 valence electrons. The van der Waals surface area contributed by atoms with Crippen LogP contribution < -0.4 is 11.1 Å². The number of hydrogen-bond donors (Lipinski definition) is 2. The Morgan fingerprint density at radius 2 is 2.07 bits per heavy atom. The maximum absolute atomic E-state index is 11.6. The number of urea groups is 1. The van der Waals surface area contributed by atoms with Gasteiger partial charge in [0.05, 0.1) is 0 Å². The van der Waals surface area contributed by atoms with Gasteiger partial charge < -0.3 is 11.1 Å². The summed E-state index contributed by atoms with van der Waals surface area (Å²) in [6.45, 7) is 5.69. The van der Waals surface area contributed by atoms with Crippen molar-refractivity contribution in [3.8, 4) is 0 Å². The molecule has 5 heteroatoms. The minimum atomic E-state index is -0.546. The quantitative estimate of drug-likeness (QED) is 0.631. The highest BCUT2D eigenvalue weighted by atomic mass is 16.2. The van der Waals surface area contributed by atoms with Crippen molar-refractivity contribution >= 4 is 11.9 Å². The SMILES string of the molecule is CCC1NC(=O)N(CC(C)(C)N)C1=O. The van der Waals surface area contributed by atoms with E-state index in [1.54, 1.807) is 13.8 Å². The lowest BCUT2D eigenvalue weighted by Crippen LogP contribution is -2.48. The molecule has 5 nitrogen and oxygen atoms in total. The van der Waals surface area contributed by atoms with Crippen LogP contribution in [0.2, 0.25) is 0 Å². The van der Waals surface area contributed by atoms with E-state index in [0.29, 0.717) is 6.42 Å². The minimum absolute atomic E-state index is 0.170. The number of nitrogens with zero attached hydrogens (tertiary/aromatic N) is 1. The second-order valence-electron chi connectivity index (χ2n) is 4.32. The van der Waals surface area contributed by atoms with E-state index in [1.165, 1.54) is 4.90 Å². The van der Waals surface area contributed by atoms with E-state index in [0.717, 1.165) is 0 Å². The summed E-state index contributed by atoms with van der Waals surface area (Å²) in [5.41, 5.74) is 5.21. The van der Waals surface area contributed by atoms with Gasteiger partial charge in [-0.1, -0.05) is 6.92 Å². The first-order chi connectivity index (χ1) is 6.35. The van der Waals surface area contributed by atoms with Crippen molar-refractivity contribution < 1.29 is 9.59 Å². The van der Waals surface area contributed by atoms with Gasteiger partial charge in [0.1, 0.15) is 6.04 Å². The molecular formula is C9H17N3O2. The molecule has 1 fully saturated rings. The van der Waals surface area contributed by atoms with Gasteiger partial charge in [0, 0.05) is 12.1 Å². The molecule has 0 aromatic carbocycles. The van der Waals surface area contributed by atoms with Crippen LogP contribution in [-0.4, -0.2) is 35.0 Å². The van der Waals surface area contributed by atoms with Gasteiger partial charge in [-0.3, -0.25) is 9.69 Å². The summed E-state index contributed by atoms with van der Waals surface area (Å²) in [4.78, 5) is 24.2. The molecule has 3 N–H and O–H groups in total. The molecule has 1 saturated heterocycles. The molecule has 1 aliphatic heterocycles. The highest BCUT2D eigenvalue weighted by molar-refractivity contribution is 6.04. The van der Waals surface area contributed by atoms with Crippen molar-refractivity contribution in [3.63, 3.8) is 0 Å². The number of carbonyl (C=O) groups is 2. The van der Waals surface area contributed by atoms with Crippen LogP contribution in [0.1, 0.15) is 27.2 Å². The first-order valence-electron chi connectivity index (χ1n) is 4.76. The fourth-order valence-corrected chi connectivity index (χ4v) is 1.41. The predicted molar refractivity (Wildman–Crippen MR) is 52.6 cm³/mol. The van der Waals surface area contributed by atoms with E-state index in [9.17, 15) is 9.59 Å². The van der Waals surface area contributed by atoms with Crippen LogP contribution in [0.4, 0.5) is 4.79 Å². The van der Waals surface area contributed by atoms with Gasteiger partial charge in [-0.2, -0.15) is 0 Å². The van der Waals surface area contributed by atoms with Gasteiger partial charge in [0.15, 0.2) is 0 Å². The van der Waals surface area contributed by atoms with Crippen LogP contribution in [0.3, 0.4) is 0 Å². The Morgan fingerprint density at radius 3 is 2.43 bits per heavy atom. The van der Waals surface area contributed by atoms with E-state index in [-0.39, 0.29) is 24.5 Å². The van der Waals surface area contributed by atoms with Crippen molar-refractivity contribution in [2.75, 3.05) is 6.54 Å². The standard InChI is InChI=1S/C9H17N3O2/c1-4-6-7(13)12(8(14)11-6)5-9(2,3)10/h6H,4-5,10H2,1-3H3,(H,11,14). The fraction of sp³-hybridized carbons (Fsp3) is 0.778. The molecule has 14 heavy (non-hydrogen) atoms. The third-order valence-electron chi connectivity index (χ3n) is 2.08. The van der Waals surface area contributed by atoms with Gasteiger partial charge in [0.2, 0.25) is 0 Å². The molecule has 0 saturated carbocycles. The number of imide groups is 1. The van der Waals surface area contributed by atoms with E-state index in [2.05, 4.69) is 5.32 Å². The lowest BCUT2D eigenvalue weighted by molar-refractivity contribution is -0.128. The summed E-state index contributed by atoms with van der Waals surface area (Å²) in [6.07, 6.45) is 0.617. The lowest BCUT2D eigenvalue weighted by Gasteiger charge is -2.23. The van der Waals surface area contributed by atoms with E-state index in [4.69, 9.17) is 5.73 Å². The van der Waals surface area contributed by atoms with Crippen molar-refractivity contribution in [2.24, 2.45) is 5.73 Å². The minimum Gasteiger partial charge on any atom is -0.326 e. The molecule has 1 aliphatic rings. The lowest BCUT2D eigenvalue weighted by atomic mass is 10.1. The Balaban J connectivity index is 2.71. The maximum Gasteiger partial charge on any atom is 0.324 e. The number of amides is 3. The first kappa shape index (κ1) is 11.0. The Bertz CT molecular complexity index is 257. The van der Waals surface area contributed by atoms with Crippen LogP contribution in [-0.2, 0) is 4.79 Å². The van der Waals surface area contributed by atoms with Crippen molar-refractivity contribution in [3.05, 3.63) is 0 Å². The molecule has 0 aromatic rings. The molecule has 3 amide bonds. The zero-order valence-corrected chi connectivity index (χ0v) is 8.83. The Kier molecular flexibility index (Phi) is 2.80. The topological polar surface area (TPSA) is 75.4 Å². The Labute approximate surface area is 83.6 Å². The molecule has 1 atom stereocenters. The summed E-state index contributed by atoms with van der Waals surface area (Å²) in [5.74, 6) is -0.170.